The van der Waals surface area contributed by atoms with E-state index in [2.05, 4.69) is 248 Å². The second kappa shape index (κ2) is 16.2. The van der Waals surface area contributed by atoms with E-state index in [0.717, 1.165) is 0 Å². The molecule has 0 N–H and O–H groups in total. The summed E-state index contributed by atoms with van der Waals surface area (Å²) in [6.45, 7) is 2.43. The zero-order chi connectivity index (χ0) is 45.2. The summed E-state index contributed by atoms with van der Waals surface area (Å²) in [5.74, 6) is 0.555. The summed E-state index contributed by atoms with van der Waals surface area (Å²) in [6, 6.07) is 89.4. The van der Waals surface area contributed by atoms with E-state index in [-0.39, 0.29) is 5.41 Å². The molecule has 0 aliphatic heterocycles. The average molecular weight is 872 g/mol. The summed E-state index contributed by atoms with van der Waals surface area (Å²) in [4.78, 5) is 2.66. The van der Waals surface area contributed by atoms with Crippen molar-refractivity contribution in [1.82, 2.24) is 0 Å². The zero-order valence-electron chi connectivity index (χ0n) is 38.6. The fraction of sp³-hybridized carbons (Fsp3) is 0.134. The summed E-state index contributed by atoms with van der Waals surface area (Å²) >= 11 is 0. The second-order valence-electron chi connectivity index (χ2n) is 19.4. The van der Waals surface area contributed by atoms with Gasteiger partial charge in [-0.3, -0.25) is 0 Å². The molecule has 1 nitrogen and oxygen atoms in total. The second-order valence-corrected chi connectivity index (χ2v) is 19.4. The minimum absolute atomic E-state index is 0.361. The molecule has 0 heterocycles. The molecular weight excluding hydrogens is 819 g/mol. The van der Waals surface area contributed by atoms with Crippen molar-refractivity contribution in [2.24, 2.45) is 0 Å². The summed E-state index contributed by atoms with van der Waals surface area (Å²) in [5.41, 5.74) is 20.8. The van der Waals surface area contributed by atoms with Gasteiger partial charge in [-0.15, -0.1) is 0 Å². The molecule has 3 aliphatic carbocycles. The monoisotopic (exact) mass is 871 g/mol. The quantitative estimate of drug-likeness (QED) is 0.147. The molecule has 13 rings (SSSR count). The number of hydrogen-bond donors (Lipinski definition) is 0. The van der Waals surface area contributed by atoms with Crippen LogP contribution < -0.4 is 4.90 Å². The first-order valence-corrected chi connectivity index (χ1v) is 24.7. The predicted octanol–water partition coefficient (Wildman–Crippen LogP) is 17.7. The number of hydrogen-bond acceptors (Lipinski definition) is 1. The van der Waals surface area contributed by atoms with E-state index in [1.165, 1.54) is 138 Å². The normalized spacial score (nSPS) is 16.7. The minimum Gasteiger partial charge on any atom is -0.309 e. The first kappa shape index (κ1) is 40.5. The van der Waals surface area contributed by atoms with Gasteiger partial charge in [0.05, 0.1) is 22.5 Å². The Bertz CT molecular complexity index is 3460. The molecule has 0 spiro atoms. The van der Waals surface area contributed by atoms with Crippen LogP contribution >= 0.6 is 0 Å². The van der Waals surface area contributed by atoms with Crippen LogP contribution in [0.3, 0.4) is 0 Å². The van der Waals surface area contributed by atoms with Crippen molar-refractivity contribution in [2.75, 3.05) is 4.90 Å². The number of rotatable bonds is 8. The number of anilines is 3. The SMILES string of the molecule is CC1(c2ccccc2)c2ccccc2-c2c(N(c3ccccc3-c3cccc4cccc(C5CCCCC5)c34)c3cccc4c3-c3ccccc3C4(c3ccccc3)c3ccccc3)cccc21. The first-order valence-electron chi connectivity index (χ1n) is 24.7. The zero-order valence-corrected chi connectivity index (χ0v) is 38.6. The predicted molar refractivity (Wildman–Crippen MR) is 285 cm³/mol. The van der Waals surface area contributed by atoms with Crippen molar-refractivity contribution in [3.63, 3.8) is 0 Å². The Hall–Kier alpha value is -7.74. The third-order valence-corrected chi connectivity index (χ3v) is 16.0. The van der Waals surface area contributed by atoms with E-state index < -0.39 is 5.41 Å². The van der Waals surface area contributed by atoms with E-state index in [9.17, 15) is 0 Å². The largest absolute Gasteiger partial charge is 0.309 e. The Kier molecular flexibility index (Phi) is 9.68. The molecule has 1 unspecified atom stereocenters. The highest BCUT2D eigenvalue weighted by Crippen LogP contribution is 2.62. The van der Waals surface area contributed by atoms with Crippen LogP contribution in [0.5, 0.6) is 0 Å². The fourth-order valence-electron chi connectivity index (χ4n) is 13.1. The molecular formula is C67H53N. The Morgan fingerprint density at radius 1 is 0.353 bits per heavy atom. The molecule has 3 aliphatic rings. The topological polar surface area (TPSA) is 3.24 Å². The van der Waals surface area contributed by atoms with E-state index in [0.29, 0.717) is 5.92 Å². The summed E-state index contributed by atoms with van der Waals surface area (Å²) in [5, 5.41) is 2.70. The number of nitrogens with zero attached hydrogens (tertiary/aromatic N) is 1. The molecule has 10 aromatic rings. The summed E-state index contributed by atoms with van der Waals surface area (Å²) in [7, 11) is 0. The lowest BCUT2D eigenvalue weighted by Crippen LogP contribution is -2.28. The van der Waals surface area contributed by atoms with Crippen LogP contribution in [0.1, 0.15) is 89.5 Å². The molecule has 0 amide bonds. The van der Waals surface area contributed by atoms with Gasteiger partial charge in [-0.2, -0.15) is 0 Å². The molecule has 10 aromatic carbocycles. The smallest absolute Gasteiger partial charge is 0.0714 e. The molecule has 0 bridgehead atoms. The van der Waals surface area contributed by atoms with Crippen molar-refractivity contribution in [2.45, 2.75) is 55.8 Å². The Labute approximate surface area is 401 Å². The lowest BCUT2D eigenvalue weighted by Gasteiger charge is -2.35. The molecule has 68 heavy (non-hydrogen) atoms. The van der Waals surface area contributed by atoms with E-state index in [1.54, 1.807) is 0 Å². The Morgan fingerprint density at radius 2 is 0.809 bits per heavy atom. The molecule has 1 saturated carbocycles. The fourth-order valence-corrected chi connectivity index (χ4v) is 13.1. The number of fused-ring (bicyclic) bond motifs is 7. The Morgan fingerprint density at radius 3 is 1.47 bits per heavy atom. The van der Waals surface area contributed by atoms with Crippen LogP contribution in [0, 0.1) is 0 Å². The van der Waals surface area contributed by atoms with E-state index >= 15 is 0 Å². The minimum atomic E-state index is -0.544. The number of para-hydroxylation sites is 1. The molecule has 0 radical (unpaired) electrons. The maximum Gasteiger partial charge on any atom is 0.0714 e. The highest BCUT2D eigenvalue weighted by molar-refractivity contribution is 6.07. The van der Waals surface area contributed by atoms with Crippen LogP contribution in [0.4, 0.5) is 17.1 Å². The van der Waals surface area contributed by atoms with Crippen molar-refractivity contribution in [3.05, 3.63) is 281 Å². The van der Waals surface area contributed by atoms with Gasteiger partial charge in [0.2, 0.25) is 0 Å². The van der Waals surface area contributed by atoms with Crippen LogP contribution in [0.25, 0.3) is 44.2 Å². The molecule has 1 atom stereocenters. The third-order valence-electron chi connectivity index (χ3n) is 16.0. The highest BCUT2D eigenvalue weighted by atomic mass is 15.2. The lowest BCUT2D eigenvalue weighted by molar-refractivity contribution is 0.445. The van der Waals surface area contributed by atoms with Gasteiger partial charge in [0, 0.05) is 22.1 Å². The van der Waals surface area contributed by atoms with Crippen molar-refractivity contribution >= 4 is 27.8 Å². The van der Waals surface area contributed by atoms with Gasteiger partial charge in [0.1, 0.15) is 0 Å². The maximum absolute atomic E-state index is 2.66. The standard InChI is InChI=1S/C67H53N/c1-66(48-28-8-3-9-29-48)56-39-17-14-35-54(56)64-58(66)41-22-44-61(64)68(60-43-19-16-34-52(60)53-38-21-27-47-26-20-37-51(63(47)53)46-24-6-2-7-25-46)62-45-23-42-59-65(62)55-36-15-18-40-57(55)67(59,49-30-10-4-11-31-49)50-32-12-5-13-33-50/h3-5,8-23,26-46H,2,6-7,24-25H2,1H3. The van der Waals surface area contributed by atoms with Crippen molar-refractivity contribution in [3.8, 4) is 33.4 Å². The Balaban J connectivity index is 1.15. The lowest BCUT2D eigenvalue weighted by atomic mass is 9.68. The summed E-state index contributed by atoms with van der Waals surface area (Å²) < 4.78 is 0. The van der Waals surface area contributed by atoms with Gasteiger partial charge in [-0.25, -0.2) is 0 Å². The van der Waals surface area contributed by atoms with Gasteiger partial charge in [0.25, 0.3) is 0 Å². The summed E-state index contributed by atoms with van der Waals surface area (Å²) in [6.07, 6.45) is 6.42. The van der Waals surface area contributed by atoms with E-state index in [4.69, 9.17) is 0 Å². The van der Waals surface area contributed by atoms with Crippen LogP contribution in [-0.2, 0) is 10.8 Å². The van der Waals surface area contributed by atoms with Crippen LogP contribution in [0.15, 0.2) is 237 Å². The van der Waals surface area contributed by atoms with Crippen LogP contribution in [0.2, 0.25) is 0 Å². The van der Waals surface area contributed by atoms with E-state index in [1.807, 2.05) is 0 Å². The molecule has 0 saturated heterocycles. The average Bonchev–Trinajstić information content (AvgIpc) is 3.88. The van der Waals surface area contributed by atoms with Gasteiger partial charge in [0.15, 0.2) is 0 Å². The maximum atomic E-state index is 2.66. The van der Waals surface area contributed by atoms with Crippen LogP contribution in [-0.4, -0.2) is 0 Å². The molecule has 0 aromatic heterocycles. The van der Waals surface area contributed by atoms with Crippen molar-refractivity contribution < 1.29 is 0 Å². The third kappa shape index (κ3) is 5.94. The van der Waals surface area contributed by atoms with Gasteiger partial charge in [-0.05, 0) is 116 Å². The molecule has 1 heteroatoms. The molecule has 1 fully saturated rings. The number of benzene rings is 10. The first-order chi connectivity index (χ1) is 33.7. The van der Waals surface area contributed by atoms with Crippen molar-refractivity contribution in [1.29, 1.82) is 0 Å². The van der Waals surface area contributed by atoms with Gasteiger partial charge < -0.3 is 4.90 Å². The van der Waals surface area contributed by atoms with Gasteiger partial charge in [-0.1, -0.05) is 238 Å². The van der Waals surface area contributed by atoms with Gasteiger partial charge >= 0.3 is 0 Å². The molecule has 326 valence electrons. The highest BCUT2D eigenvalue weighted by Gasteiger charge is 2.48.